The third-order valence-corrected chi connectivity index (χ3v) is 6.70. The Morgan fingerprint density at radius 3 is 0.617 bits per heavy atom. The normalized spacial score (nSPS) is 8.70. The number of hydrogen-bond acceptors (Lipinski definition) is 2. The summed E-state index contributed by atoms with van der Waals surface area (Å²) in [5, 5.41) is 0. The molecular weight excluding hydrogens is 806 g/mol. The molecule has 1 radical (unpaired) electrons. The number of ether oxygens (including phenoxy) is 2. The number of fused-ring (bicyclic) bond motifs is 3. The summed E-state index contributed by atoms with van der Waals surface area (Å²) in [5.41, 5.74) is 7.80. The van der Waals surface area contributed by atoms with Crippen LogP contribution in [0.25, 0.3) is 11.1 Å². The predicted octanol–water partition coefficient (Wildman–Crippen LogP) is 18.0. The second-order valence-corrected chi connectivity index (χ2v) is 9.70. The first kappa shape index (κ1) is 73.8. The van der Waals surface area contributed by atoms with Gasteiger partial charge in [0.25, 0.3) is 0 Å². The minimum Gasteiger partial charge on any atom is -0.388 e. The number of hydrogen-bond donors (Lipinski definition) is 0. The van der Waals surface area contributed by atoms with Crippen molar-refractivity contribution in [3.63, 3.8) is 0 Å². The summed E-state index contributed by atoms with van der Waals surface area (Å²) in [5.74, 6) is 0. The van der Waals surface area contributed by atoms with Gasteiger partial charge in [-0.25, -0.2) is 0 Å². The van der Waals surface area contributed by atoms with E-state index in [1.54, 1.807) is 28.4 Å². The van der Waals surface area contributed by atoms with Crippen molar-refractivity contribution in [2.75, 3.05) is 28.4 Å². The standard InChI is InChI=1S/C25H18.2C6H6.2C2H6O.7C2H6.2CH3.Y/c1-3-11-19(12-4-1)25(20-13-5-2-6-14-20)23-17-9-7-15-21(23)22-16-8-10-18-24(22)25;2*1-2-4-6-5-3-1;2*1-3-2;7*1-2;;;/h1-18H;2*1-6H;2*1-2H3;7*1-2H3;2*1H3;/q;;;;;;;;;;;;2*-1;. The van der Waals surface area contributed by atoms with E-state index in [0.717, 1.165) is 0 Å². The SMILES string of the molecule is CC.CC.CC.CC.CC.CC.CC.COC.COC.[CH3-].[CH3-].[Y].c1ccc(C2(c3ccccc3)c3ccccc3-c3ccccc32)cc1.c1ccccc1.c1ccccc1. The zero-order valence-electron chi connectivity index (χ0n) is 42.2. The van der Waals surface area contributed by atoms with E-state index in [2.05, 4.69) is 119 Å². The zero-order chi connectivity index (χ0) is 44.6. The van der Waals surface area contributed by atoms with Crippen molar-refractivity contribution < 1.29 is 42.2 Å². The van der Waals surface area contributed by atoms with Gasteiger partial charge in [0.05, 0.1) is 5.41 Å². The fourth-order valence-corrected chi connectivity index (χ4v) is 5.17. The van der Waals surface area contributed by atoms with E-state index in [4.69, 9.17) is 0 Å². The van der Waals surface area contributed by atoms with Gasteiger partial charge in [-0.1, -0.05) is 279 Å². The first-order chi connectivity index (χ1) is 28.2. The molecule has 2 nitrogen and oxygen atoms in total. The summed E-state index contributed by atoms with van der Waals surface area (Å²) in [7, 11) is 6.50. The fourth-order valence-electron chi connectivity index (χ4n) is 5.17. The molecule has 0 N–H and O–H groups in total. The molecule has 1 aliphatic rings. The van der Waals surface area contributed by atoms with Crippen LogP contribution in [0.5, 0.6) is 0 Å². The predicted molar refractivity (Wildman–Crippen MR) is 275 cm³/mol. The second kappa shape index (κ2) is 59.7. The quantitative estimate of drug-likeness (QED) is 0.161. The average molecular weight is 896 g/mol. The summed E-state index contributed by atoms with van der Waals surface area (Å²) in [6.07, 6.45) is 0. The Morgan fingerprint density at radius 2 is 0.417 bits per heavy atom. The molecule has 3 heteroatoms. The zero-order valence-corrected chi connectivity index (χ0v) is 45.1. The first-order valence-electron chi connectivity index (χ1n) is 21.4. The van der Waals surface area contributed by atoms with Gasteiger partial charge in [0.15, 0.2) is 0 Å². The summed E-state index contributed by atoms with van der Waals surface area (Å²) < 4.78 is 8.50. The summed E-state index contributed by atoms with van der Waals surface area (Å²) in [6.45, 7) is 28.0. The van der Waals surface area contributed by atoms with Crippen LogP contribution >= 0.6 is 0 Å². The molecule has 0 saturated carbocycles. The Balaban J connectivity index is -0.000000108. The Bertz CT molecular complexity index is 1370. The molecule has 6 aromatic carbocycles. The van der Waals surface area contributed by atoms with E-state index < -0.39 is 0 Å². The molecule has 6 aromatic rings. The number of benzene rings is 6. The van der Waals surface area contributed by atoms with Crippen LogP contribution in [0.15, 0.2) is 182 Å². The van der Waals surface area contributed by atoms with Crippen LogP contribution in [-0.4, -0.2) is 28.4 Å². The van der Waals surface area contributed by atoms with Gasteiger partial charge in [0.2, 0.25) is 0 Å². The maximum atomic E-state index is 4.25. The molecule has 60 heavy (non-hydrogen) atoms. The molecular formula is C57H90O2Y-2. The monoisotopic (exact) mass is 896 g/mol. The minimum atomic E-state index is -0.254. The summed E-state index contributed by atoms with van der Waals surface area (Å²) >= 11 is 0. The molecule has 0 amide bonds. The van der Waals surface area contributed by atoms with E-state index in [-0.39, 0.29) is 53.0 Å². The topological polar surface area (TPSA) is 18.5 Å². The largest absolute Gasteiger partial charge is 0.388 e. The first-order valence-corrected chi connectivity index (χ1v) is 21.4. The van der Waals surface area contributed by atoms with E-state index in [0.29, 0.717) is 0 Å². The molecule has 0 heterocycles. The molecule has 0 fully saturated rings. The Hall–Kier alpha value is -3.66. The van der Waals surface area contributed by atoms with Crippen molar-refractivity contribution in [3.05, 3.63) is 219 Å². The van der Waals surface area contributed by atoms with Crippen LogP contribution < -0.4 is 0 Å². The molecule has 0 aromatic heterocycles. The minimum absolute atomic E-state index is 0. The molecule has 0 spiro atoms. The van der Waals surface area contributed by atoms with Gasteiger partial charge in [-0.3, -0.25) is 0 Å². The van der Waals surface area contributed by atoms with Gasteiger partial charge in [0.1, 0.15) is 0 Å². The number of methoxy groups -OCH3 is 2. The third-order valence-electron chi connectivity index (χ3n) is 6.70. The van der Waals surface area contributed by atoms with Crippen molar-refractivity contribution in [1.82, 2.24) is 0 Å². The van der Waals surface area contributed by atoms with Gasteiger partial charge in [0, 0.05) is 61.1 Å². The van der Waals surface area contributed by atoms with Crippen LogP contribution in [0, 0.1) is 14.9 Å². The molecule has 0 saturated heterocycles. The summed E-state index contributed by atoms with van der Waals surface area (Å²) in [4.78, 5) is 0. The van der Waals surface area contributed by atoms with Gasteiger partial charge >= 0.3 is 0 Å². The van der Waals surface area contributed by atoms with E-state index in [1.807, 2.05) is 170 Å². The molecule has 0 aliphatic heterocycles. The van der Waals surface area contributed by atoms with Crippen LogP contribution in [0.4, 0.5) is 0 Å². The molecule has 0 atom stereocenters. The molecule has 7 rings (SSSR count). The van der Waals surface area contributed by atoms with Crippen LogP contribution in [0.1, 0.15) is 119 Å². The van der Waals surface area contributed by atoms with Crippen LogP contribution in [0.3, 0.4) is 0 Å². The van der Waals surface area contributed by atoms with Crippen LogP contribution in [-0.2, 0) is 47.6 Å². The Labute approximate surface area is 400 Å². The fraction of sp³-hybridized carbons (Fsp3) is 0.333. The van der Waals surface area contributed by atoms with E-state index in [9.17, 15) is 0 Å². The Kier molecular flexibility index (Phi) is 73.4. The average Bonchev–Trinajstić information content (AvgIpc) is 3.65. The maximum absolute atomic E-state index is 4.25. The third kappa shape index (κ3) is 28.0. The maximum Gasteiger partial charge on any atom is 0.0713 e. The summed E-state index contributed by atoms with van der Waals surface area (Å²) in [6, 6.07) is 63.5. The second-order valence-electron chi connectivity index (χ2n) is 9.70. The van der Waals surface area contributed by atoms with Gasteiger partial charge < -0.3 is 24.3 Å². The molecule has 0 bridgehead atoms. The van der Waals surface area contributed by atoms with Gasteiger partial charge in [-0.15, -0.1) is 0 Å². The van der Waals surface area contributed by atoms with Crippen molar-refractivity contribution >= 4 is 0 Å². The van der Waals surface area contributed by atoms with Crippen molar-refractivity contribution in [3.8, 4) is 11.1 Å². The van der Waals surface area contributed by atoms with Crippen LogP contribution in [0.2, 0.25) is 0 Å². The Morgan fingerprint density at radius 1 is 0.267 bits per heavy atom. The van der Waals surface area contributed by atoms with E-state index in [1.165, 1.54) is 33.4 Å². The molecule has 335 valence electrons. The van der Waals surface area contributed by atoms with Gasteiger partial charge in [-0.2, -0.15) is 0 Å². The molecule has 1 aliphatic carbocycles. The van der Waals surface area contributed by atoms with Gasteiger partial charge in [-0.05, 0) is 33.4 Å². The van der Waals surface area contributed by atoms with E-state index >= 15 is 0 Å². The smallest absolute Gasteiger partial charge is 0.0713 e. The van der Waals surface area contributed by atoms with Crippen molar-refractivity contribution in [1.29, 1.82) is 0 Å². The number of rotatable bonds is 2. The molecule has 0 unspecified atom stereocenters. The van der Waals surface area contributed by atoms with Crippen molar-refractivity contribution in [2.45, 2.75) is 102 Å². The van der Waals surface area contributed by atoms with Crippen molar-refractivity contribution in [2.24, 2.45) is 0 Å².